The molecule has 0 bridgehead atoms. The van der Waals surface area contributed by atoms with Gasteiger partial charge in [0.15, 0.2) is 0 Å². The standard InChI is InChI=1S/C26H31N3O2/c1-4-28(5-2)15-16-29-24-13-11-19(12-14-25(30)31-3)17-23(24)27-26(29)22-18-21(22)20-9-7-6-8-10-20/h6-14,17,21-22H,4-5,15-16,18H2,1-3H3/b14-12+. The van der Waals surface area contributed by atoms with Crippen molar-refractivity contribution in [3.05, 3.63) is 71.6 Å². The van der Waals surface area contributed by atoms with E-state index in [1.54, 1.807) is 6.08 Å². The van der Waals surface area contributed by atoms with Crippen molar-refractivity contribution in [2.45, 2.75) is 38.6 Å². The number of hydrogen-bond acceptors (Lipinski definition) is 4. The molecule has 3 aromatic rings. The van der Waals surface area contributed by atoms with Gasteiger partial charge in [-0.2, -0.15) is 0 Å². The zero-order valence-electron chi connectivity index (χ0n) is 18.6. The molecule has 1 saturated carbocycles. The molecule has 0 amide bonds. The first kappa shape index (κ1) is 21.3. The molecule has 5 heteroatoms. The Hall–Kier alpha value is -2.92. The van der Waals surface area contributed by atoms with E-state index in [-0.39, 0.29) is 5.97 Å². The molecule has 1 aromatic heterocycles. The number of hydrogen-bond donors (Lipinski definition) is 0. The van der Waals surface area contributed by atoms with E-state index in [0.29, 0.717) is 11.8 Å². The third-order valence-corrected chi connectivity index (χ3v) is 6.30. The fraction of sp³-hybridized carbons (Fsp3) is 0.385. The van der Waals surface area contributed by atoms with Crippen LogP contribution in [0.3, 0.4) is 0 Å². The Morgan fingerprint density at radius 1 is 1.16 bits per heavy atom. The molecule has 1 aliphatic carbocycles. The number of nitrogens with zero attached hydrogens (tertiary/aromatic N) is 3. The highest BCUT2D eigenvalue weighted by molar-refractivity contribution is 5.88. The lowest BCUT2D eigenvalue weighted by Crippen LogP contribution is -2.27. The van der Waals surface area contributed by atoms with Gasteiger partial charge >= 0.3 is 5.97 Å². The molecule has 0 spiro atoms. The maximum atomic E-state index is 11.4. The molecule has 0 aliphatic heterocycles. The molecule has 0 saturated heterocycles. The van der Waals surface area contributed by atoms with Crippen LogP contribution in [0.2, 0.25) is 0 Å². The summed E-state index contributed by atoms with van der Waals surface area (Å²) in [5.41, 5.74) is 4.50. The van der Waals surface area contributed by atoms with E-state index in [2.05, 4.69) is 65.8 Å². The number of imidazole rings is 1. The molecule has 31 heavy (non-hydrogen) atoms. The molecule has 5 nitrogen and oxygen atoms in total. The van der Waals surface area contributed by atoms with Crippen molar-refractivity contribution >= 4 is 23.1 Å². The van der Waals surface area contributed by atoms with E-state index >= 15 is 0 Å². The van der Waals surface area contributed by atoms with Gasteiger partial charge < -0.3 is 14.2 Å². The third kappa shape index (κ3) is 4.72. The van der Waals surface area contributed by atoms with Gasteiger partial charge in [-0.05, 0) is 54.8 Å². The van der Waals surface area contributed by atoms with Gasteiger partial charge in [0, 0.05) is 25.1 Å². The minimum atomic E-state index is -0.353. The lowest BCUT2D eigenvalue weighted by molar-refractivity contribution is -0.134. The van der Waals surface area contributed by atoms with Crippen LogP contribution in [0.15, 0.2) is 54.6 Å². The number of ether oxygens (including phenoxy) is 1. The lowest BCUT2D eigenvalue weighted by Gasteiger charge is -2.19. The van der Waals surface area contributed by atoms with Crippen LogP contribution < -0.4 is 0 Å². The number of methoxy groups -OCH3 is 1. The first-order valence-corrected chi connectivity index (χ1v) is 11.2. The van der Waals surface area contributed by atoms with Gasteiger partial charge in [-0.15, -0.1) is 0 Å². The van der Waals surface area contributed by atoms with E-state index in [1.165, 1.54) is 24.6 Å². The highest BCUT2D eigenvalue weighted by Gasteiger charge is 2.42. The summed E-state index contributed by atoms with van der Waals surface area (Å²) in [5.74, 6) is 1.84. The molecular formula is C26H31N3O2. The largest absolute Gasteiger partial charge is 0.466 e. The second kappa shape index (κ2) is 9.48. The maximum Gasteiger partial charge on any atom is 0.330 e. The van der Waals surface area contributed by atoms with Crippen molar-refractivity contribution in [1.29, 1.82) is 0 Å². The van der Waals surface area contributed by atoms with Crippen LogP contribution in [0.5, 0.6) is 0 Å². The Balaban J connectivity index is 1.66. The Kier molecular flexibility index (Phi) is 6.52. The van der Waals surface area contributed by atoms with Crippen LogP contribution in [0.1, 0.15) is 49.1 Å². The Morgan fingerprint density at radius 3 is 2.65 bits per heavy atom. The van der Waals surface area contributed by atoms with E-state index in [9.17, 15) is 4.79 Å². The molecule has 1 heterocycles. The van der Waals surface area contributed by atoms with Gasteiger partial charge in [-0.3, -0.25) is 0 Å². The molecule has 0 N–H and O–H groups in total. The van der Waals surface area contributed by atoms with Crippen LogP contribution in [-0.4, -0.2) is 47.2 Å². The minimum Gasteiger partial charge on any atom is -0.466 e. The van der Waals surface area contributed by atoms with Gasteiger partial charge in [0.2, 0.25) is 0 Å². The van der Waals surface area contributed by atoms with Crippen molar-refractivity contribution in [3.8, 4) is 0 Å². The zero-order valence-corrected chi connectivity index (χ0v) is 18.6. The fourth-order valence-electron chi connectivity index (χ4n) is 4.35. The van der Waals surface area contributed by atoms with Crippen molar-refractivity contribution in [3.63, 3.8) is 0 Å². The molecule has 2 aromatic carbocycles. The summed E-state index contributed by atoms with van der Waals surface area (Å²) in [6.07, 6.45) is 4.38. The molecule has 1 fully saturated rings. The summed E-state index contributed by atoms with van der Waals surface area (Å²) in [4.78, 5) is 19.0. The average molecular weight is 418 g/mol. The topological polar surface area (TPSA) is 47.4 Å². The van der Waals surface area contributed by atoms with Crippen molar-refractivity contribution in [2.75, 3.05) is 26.7 Å². The Morgan fingerprint density at radius 2 is 1.94 bits per heavy atom. The minimum absolute atomic E-state index is 0.353. The fourth-order valence-corrected chi connectivity index (χ4v) is 4.35. The summed E-state index contributed by atoms with van der Waals surface area (Å²) in [6, 6.07) is 17.0. The normalized spacial score (nSPS) is 18.2. The van der Waals surface area contributed by atoms with E-state index in [1.807, 2.05) is 6.07 Å². The van der Waals surface area contributed by atoms with Crippen LogP contribution in [0.25, 0.3) is 17.1 Å². The second-order valence-corrected chi connectivity index (χ2v) is 8.11. The van der Waals surface area contributed by atoms with Crippen LogP contribution in [-0.2, 0) is 16.1 Å². The van der Waals surface area contributed by atoms with Gasteiger partial charge in [-0.25, -0.2) is 9.78 Å². The van der Waals surface area contributed by atoms with E-state index in [4.69, 9.17) is 9.72 Å². The molecular weight excluding hydrogens is 386 g/mol. The van der Waals surface area contributed by atoms with Gasteiger partial charge in [-0.1, -0.05) is 50.2 Å². The smallest absolute Gasteiger partial charge is 0.330 e. The molecule has 2 atom stereocenters. The predicted octanol–water partition coefficient (Wildman–Crippen LogP) is 4.84. The highest BCUT2D eigenvalue weighted by atomic mass is 16.5. The number of rotatable bonds is 9. The molecule has 0 radical (unpaired) electrons. The number of benzene rings is 2. The number of likely N-dealkylation sites (N-methyl/N-ethyl adjacent to an activating group) is 1. The Bertz CT molecular complexity index is 1070. The zero-order chi connectivity index (χ0) is 21.8. The van der Waals surface area contributed by atoms with E-state index < -0.39 is 0 Å². The number of aromatic nitrogens is 2. The summed E-state index contributed by atoms with van der Waals surface area (Å²) in [5, 5.41) is 0. The molecule has 1 aliphatic rings. The highest BCUT2D eigenvalue weighted by Crippen LogP contribution is 2.54. The van der Waals surface area contributed by atoms with Crippen molar-refractivity contribution in [2.24, 2.45) is 0 Å². The second-order valence-electron chi connectivity index (χ2n) is 8.11. The Labute approximate surface area is 184 Å². The number of carbonyl (C=O) groups excluding carboxylic acids is 1. The van der Waals surface area contributed by atoms with Gasteiger partial charge in [0.1, 0.15) is 5.82 Å². The van der Waals surface area contributed by atoms with Crippen molar-refractivity contribution < 1.29 is 9.53 Å². The summed E-state index contributed by atoms with van der Waals surface area (Å²) < 4.78 is 7.11. The maximum absolute atomic E-state index is 11.4. The van der Waals surface area contributed by atoms with Crippen LogP contribution in [0.4, 0.5) is 0 Å². The average Bonchev–Trinajstić information content (AvgIpc) is 3.53. The van der Waals surface area contributed by atoms with Gasteiger partial charge in [0.05, 0.1) is 18.1 Å². The monoisotopic (exact) mass is 417 g/mol. The summed E-state index contributed by atoms with van der Waals surface area (Å²) in [7, 11) is 1.39. The number of fused-ring (bicyclic) bond motifs is 1. The van der Waals surface area contributed by atoms with E-state index in [0.717, 1.165) is 49.2 Å². The van der Waals surface area contributed by atoms with Crippen molar-refractivity contribution in [1.82, 2.24) is 14.5 Å². The van der Waals surface area contributed by atoms with Crippen LogP contribution in [0, 0.1) is 0 Å². The first-order chi connectivity index (χ1) is 15.1. The first-order valence-electron chi connectivity index (χ1n) is 11.2. The molecule has 2 unspecified atom stereocenters. The SMILES string of the molecule is CCN(CC)CCn1c(C2CC2c2ccccc2)nc2cc(/C=C/C(=O)OC)ccc21. The van der Waals surface area contributed by atoms with Gasteiger partial charge in [0.25, 0.3) is 0 Å². The third-order valence-electron chi connectivity index (χ3n) is 6.30. The lowest BCUT2D eigenvalue weighted by atomic mass is 10.1. The number of esters is 1. The number of carbonyl (C=O) groups is 1. The molecule has 162 valence electrons. The predicted molar refractivity (Wildman–Crippen MR) is 125 cm³/mol. The quantitative estimate of drug-likeness (QED) is 0.369. The molecule has 4 rings (SSSR count). The van der Waals surface area contributed by atoms with Crippen LogP contribution >= 0.6 is 0 Å². The summed E-state index contributed by atoms with van der Waals surface area (Å²) >= 11 is 0. The summed E-state index contributed by atoms with van der Waals surface area (Å²) in [6.45, 7) is 8.47.